The summed E-state index contributed by atoms with van der Waals surface area (Å²) in [5, 5.41) is 14.7. The molecule has 0 radical (unpaired) electrons. The molecule has 0 aliphatic carbocycles. The minimum absolute atomic E-state index is 0.135. The molecule has 11 heteroatoms. The number of nitrogens with one attached hydrogen (secondary N) is 2. The van der Waals surface area contributed by atoms with Crippen LogP contribution in [0, 0.1) is 5.82 Å². The van der Waals surface area contributed by atoms with Crippen LogP contribution in [0.2, 0.25) is 0 Å². The number of aromatic nitrogens is 3. The Bertz CT molecular complexity index is 1150. The molecule has 2 N–H and O–H groups in total. The van der Waals surface area contributed by atoms with Gasteiger partial charge in [0.1, 0.15) is 5.82 Å². The minimum Gasteiger partial charge on any atom is -0.379 e. The zero-order valence-electron chi connectivity index (χ0n) is 19.4. The van der Waals surface area contributed by atoms with Crippen molar-refractivity contribution in [2.75, 3.05) is 51.0 Å². The van der Waals surface area contributed by atoms with E-state index in [0.717, 1.165) is 25.2 Å². The summed E-state index contributed by atoms with van der Waals surface area (Å²) in [7, 11) is 1.57. The van der Waals surface area contributed by atoms with Crippen molar-refractivity contribution in [1.29, 1.82) is 0 Å². The number of morpholine rings is 1. The largest absolute Gasteiger partial charge is 0.379 e. The van der Waals surface area contributed by atoms with Crippen LogP contribution in [0.4, 0.5) is 10.1 Å². The highest BCUT2D eigenvalue weighted by Crippen LogP contribution is 2.25. The van der Waals surface area contributed by atoms with E-state index in [0.29, 0.717) is 42.0 Å². The predicted octanol–water partition coefficient (Wildman–Crippen LogP) is 2.51. The van der Waals surface area contributed by atoms with Gasteiger partial charge in [-0.25, -0.2) is 4.39 Å². The molecule has 1 saturated heterocycles. The maximum absolute atomic E-state index is 13.4. The van der Waals surface area contributed by atoms with Crippen molar-refractivity contribution in [2.45, 2.75) is 11.7 Å². The molecule has 35 heavy (non-hydrogen) atoms. The second-order valence-corrected chi connectivity index (χ2v) is 8.85. The first-order valence-corrected chi connectivity index (χ1v) is 12.3. The van der Waals surface area contributed by atoms with Gasteiger partial charge in [0.15, 0.2) is 11.0 Å². The van der Waals surface area contributed by atoms with Gasteiger partial charge in [-0.3, -0.25) is 14.5 Å². The predicted molar refractivity (Wildman–Crippen MR) is 132 cm³/mol. The van der Waals surface area contributed by atoms with Crippen LogP contribution in [0.3, 0.4) is 0 Å². The molecule has 0 unspecified atom stereocenters. The van der Waals surface area contributed by atoms with Crippen LogP contribution in [-0.2, 0) is 16.1 Å². The quantitative estimate of drug-likeness (QED) is 0.437. The van der Waals surface area contributed by atoms with E-state index in [9.17, 15) is 14.0 Å². The first kappa shape index (κ1) is 24.8. The lowest BCUT2D eigenvalue weighted by molar-refractivity contribution is -0.113. The molecule has 9 nitrogen and oxygen atoms in total. The highest BCUT2D eigenvalue weighted by molar-refractivity contribution is 7.99. The van der Waals surface area contributed by atoms with E-state index in [-0.39, 0.29) is 23.4 Å². The van der Waals surface area contributed by atoms with Crippen molar-refractivity contribution in [2.24, 2.45) is 0 Å². The second kappa shape index (κ2) is 11.9. The summed E-state index contributed by atoms with van der Waals surface area (Å²) in [4.78, 5) is 26.5. The first-order valence-electron chi connectivity index (χ1n) is 11.3. The van der Waals surface area contributed by atoms with Crippen molar-refractivity contribution in [1.82, 2.24) is 25.0 Å². The third kappa shape index (κ3) is 6.65. The summed E-state index contributed by atoms with van der Waals surface area (Å²) in [6.07, 6.45) is 0. The van der Waals surface area contributed by atoms with Gasteiger partial charge in [-0.15, -0.1) is 10.2 Å². The fourth-order valence-corrected chi connectivity index (χ4v) is 4.42. The minimum atomic E-state index is -0.317. The summed E-state index contributed by atoms with van der Waals surface area (Å²) in [5.41, 5.74) is 1.87. The Labute approximate surface area is 207 Å². The van der Waals surface area contributed by atoms with Gasteiger partial charge in [0, 0.05) is 50.0 Å². The lowest BCUT2D eigenvalue weighted by Crippen LogP contribution is -2.38. The van der Waals surface area contributed by atoms with Gasteiger partial charge < -0.3 is 19.9 Å². The Hall–Kier alpha value is -3.28. The van der Waals surface area contributed by atoms with E-state index >= 15 is 0 Å². The van der Waals surface area contributed by atoms with Crippen LogP contribution in [0.25, 0.3) is 11.4 Å². The molecule has 1 aliphatic rings. The van der Waals surface area contributed by atoms with Crippen LogP contribution in [-0.4, -0.2) is 77.1 Å². The van der Waals surface area contributed by atoms with E-state index in [1.165, 1.54) is 23.9 Å². The summed E-state index contributed by atoms with van der Waals surface area (Å²) >= 11 is 1.29. The fraction of sp³-hybridized carbons (Fsp3) is 0.333. The number of carbonyl (C=O) groups is 2. The van der Waals surface area contributed by atoms with Crippen molar-refractivity contribution >= 4 is 29.3 Å². The number of benzene rings is 2. The molecule has 4 rings (SSSR count). The number of nitrogens with zero attached hydrogens (tertiary/aromatic N) is 4. The molecule has 0 saturated carbocycles. The van der Waals surface area contributed by atoms with Gasteiger partial charge in [-0.2, -0.15) is 0 Å². The fourth-order valence-electron chi connectivity index (χ4n) is 3.65. The van der Waals surface area contributed by atoms with Gasteiger partial charge in [-0.05, 0) is 48.5 Å². The molecule has 0 bridgehead atoms. The molecule has 0 atom stereocenters. The lowest BCUT2D eigenvalue weighted by atomic mass is 10.2. The molecule has 2 amide bonds. The average Bonchev–Trinajstić information content (AvgIpc) is 3.30. The van der Waals surface area contributed by atoms with E-state index in [1.807, 2.05) is 4.57 Å². The number of halogens is 1. The zero-order valence-corrected chi connectivity index (χ0v) is 20.2. The van der Waals surface area contributed by atoms with Gasteiger partial charge in [0.2, 0.25) is 5.91 Å². The molecular weight excluding hydrogens is 471 g/mol. The second-order valence-electron chi connectivity index (χ2n) is 7.91. The lowest BCUT2D eigenvalue weighted by Gasteiger charge is -2.27. The molecule has 1 fully saturated rings. The van der Waals surface area contributed by atoms with Crippen LogP contribution in [0.15, 0.2) is 53.7 Å². The monoisotopic (exact) mass is 498 g/mol. The number of carbonyl (C=O) groups excluding carboxylic acids is 2. The van der Waals surface area contributed by atoms with E-state index in [2.05, 4.69) is 25.7 Å². The number of thioether (sulfide) groups is 1. The van der Waals surface area contributed by atoms with Crippen molar-refractivity contribution in [3.8, 4) is 11.4 Å². The molecule has 1 aromatic heterocycles. The standard InChI is InChI=1S/C24H27FN6O3S/c1-26-23(33)18-4-8-20(9-5-18)27-21(32)16-35-24-29-28-22(17-2-6-19(25)7-3-17)31(24)11-10-30-12-14-34-15-13-30/h2-9H,10-16H2,1H3,(H,26,33)(H,27,32). The maximum Gasteiger partial charge on any atom is 0.251 e. The molecule has 0 spiro atoms. The Morgan fingerprint density at radius 3 is 2.43 bits per heavy atom. The number of anilines is 1. The maximum atomic E-state index is 13.4. The van der Waals surface area contributed by atoms with Gasteiger partial charge in [0.05, 0.1) is 19.0 Å². The third-order valence-electron chi connectivity index (χ3n) is 5.55. The Morgan fingerprint density at radius 2 is 1.74 bits per heavy atom. The topological polar surface area (TPSA) is 101 Å². The highest BCUT2D eigenvalue weighted by Gasteiger charge is 2.18. The van der Waals surface area contributed by atoms with E-state index < -0.39 is 0 Å². The number of rotatable bonds is 9. The molecule has 2 aromatic carbocycles. The van der Waals surface area contributed by atoms with Crippen LogP contribution < -0.4 is 10.6 Å². The van der Waals surface area contributed by atoms with Crippen LogP contribution in [0.5, 0.6) is 0 Å². The SMILES string of the molecule is CNC(=O)c1ccc(NC(=O)CSc2nnc(-c3ccc(F)cc3)n2CCN2CCOCC2)cc1. The highest BCUT2D eigenvalue weighted by atomic mass is 32.2. The molecule has 1 aliphatic heterocycles. The van der Waals surface area contributed by atoms with Gasteiger partial charge >= 0.3 is 0 Å². The smallest absolute Gasteiger partial charge is 0.251 e. The van der Waals surface area contributed by atoms with Crippen molar-refractivity contribution in [3.05, 3.63) is 59.9 Å². The van der Waals surface area contributed by atoms with Crippen LogP contribution in [0.1, 0.15) is 10.4 Å². The first-order chi connectivity index (χ1) is 17.0. The van der Waals surface area contributed by atoms with E-state index in [1.54, 1.807) is 43.4 Å². The Balaban J connectivity index is 1.43. The zero-order chi connectivity index (χ0) is 24.6. The van der Waals surface area contributed by atoms with E-state index in [4.69, 9.17) is 4.74 Å². The third-order valence-corrected chi connectivity index (χ3v) is 6.52. The van der Waals surface area contributed by atoms with Gasteiger partial charge in [0.25, 0.3) is 5.91 Å². The van der Waals surface area contributed by atoms with Crippen LogP contribution >= 0.6 is 11.8 Å². The number of amides is 2. The number of ether oxygens (including phenoxy) is 1. The molecular formula is C24H27FN6O3S. The summed E-state index contributed by atoms with van der Waals surface area (Å²) in [6, 6.07) is 12.8. The number of hydrogen-bond acceptors (Lipinski definition) is 7. The molecule has 3 aromatic rings. The van der Waals surface area contributed by atoms with Crippen molar-refractivity contribution < 1.29 is 18.7 Å². The van der Waals surface area contributed by atoms with Gasteiger partial charge in [-0.1, -0.05) is 11.8 Å². The summed E-state index contributed by atoms with van der Waals surface area (Å²) in [5.74, 6) is 0.0605. The Kier molecular flexibility index (Phi) is 8.45. The van der Waals surface area contributed by atoms with Crippen molar-refractivity contribution in [3.63, 3.8) is 0 Å². The summed E-state index contributed by atoms with van der Waals surface area (Å²) in [6.45, 7) is 4.55. The molecule has 184 valence electrons. The average molecular weight is 499 g/mol. The number of hydrogen-bond donors (Lipinski definition) is 2. The normalized spacial score (nSPS) is 14.0. The molecule has 2 heterocycles. The summed E-state index contributed by atoms with van der Waals surface area (Å²) < 4.78 is 20.8. The Morgan fingerprint density at radius 1 is 1.03 bits per heavy atom.